The second-order valence-electron chi connectivity index (χ2n) is 6.64. The van der Waals surface area contributed by atoms with Crippen molar-refractivity contribution in [2.75, 3.05) is 5.75 Å². The molecule has 0 aliphatic carbocycles. The second kappa shape index (κ2) is 8.67. The van der Waals surface area contributed by atoms with E-state index < -0.39 is 27.7 Å². The standard InChI is InChI=1S/C19H25NO6S/c1-5-6-7-27(23,24)20-14(4)19(22)25-11-15-10-18(21)26-17-9-13(3)12(2)8-16(15)17/h8-10,14,20H,5-7,11H2,1-4H3/t14-/m0/s1. The monoisotopic (exact) mass is 395 g/mol. The van der Waals surface area contributed by atoms with Crippen LogP contribution in [0.5, 0.6) is 0 Å². The minimum Gasteiger partial charge on any atom is -0.460 e. The Balaban J connectivity index is 2.13. The Kier molecular flexibility index (Phi) is 6.78. The van der Waals surface area contributed by atoms with Crippen LogP contribution in [-0.2, 0) is 26.2 Å². The number of unbranched alkanes of at least 4 members (excludes halogenated alkanes) is 1. The number of hydrogen-bond donors (Lipinski definition) is 1. The van der Waals surface area contributed by atoms with E-state index in [0.717, 1.165) is 17.5 Å². The molecule has 0 radical (unpaired) electrons. The summed E-state index contributed by atoms with van der Waals surface area (Å²) >= 11 is 0. The number of carbonyl (C=O) groups is 1. The highest BCUT2D eigenvalue weighted by Gasteiger charge is 2.21. The highest BCUT2D eigenvalue weighted by atomic mass is 32.2. The largest absolute Gasteiger partial charge is 0.460 e. The molecule has 2 rings (SSSR count). The van der Waals surface area contributed by atoms with Crippen molar-refractivity contribution in [1.82, 2.24) is 4.72 Å². The van der Waals surface area contributed by atoms with E-state index in [9.17, 15) is 18.0 Å². The zero-order chi connectivity index (χ0) is 20.2. The number of hydrogen-bond acceptors (Lipinski definition) is 6. The van der Waals surface area contributed by atoms with Crippen molar-refractivity contribution in [2.24, 2.45) is 0 Å². The molecule has 0 saturated heterocycles. The first-order valence-corrected chi connectivity index (χ1v) is 10.5. The smallest absolute Gasteiger partial charge is 0.336 e. The summed E-state index contributed by atoms with van der Waals surface area (Å²) in [4.78, 5) is 23.9. The third kappa shape index (κ3) is 5.64. The Morgan fingerprint density at radius 3 is 2.56 bits per heavy atom. The van der Waals surface area contributed by atoms with Crippen LogP contribution in [-0.4, -0.2) is 26.2 Å². The molecular weight excluding hydrogens is 370 g/mol. The van der Waals surface area contributed by atoms with Crippen molar-refractivity contribution >= 4 is 27.0 Å². The minimum atomic E-state index is -3.54. The van der Waals surface area contributed by atoms with Gasteiger partial charge in [-0.25, -0.2) is 17.9 Å². The van der Waals surface area contributed by atoms with Gasteiger partial charge in [0.1, 0.15) is 18.2 Å². The maximum Gasteiger partial charge on any atom is 0.336 e. The van der Waals surface area contributed by atoms with E-state index in [1.54, 1.807) is 6.07 Å². The van der Waals surface area contributed by atoms with Gasteiger partial charge < -0.3 is 9.15 Å². The van der Waals surface area contributed by atoms with Crippen LogP contribution in [0.25, 0.3) is 11.0 Å². The topological polar surface area (TPSA) is 103 Å². The zero-order valence-electron chi connectivity index (χ0n) is 16.0. The maximum atomic E-state index is 12.2. The van der Waals surface area contributed by atoms with E-state index >= 15 is 0 Å². The predicted molar refractivity (Wildman–Crippen MR) is 103 cm³/mol. The first-order valence-electron chi connectivity index (χ1n) is 8.83. The minimum absolute atomic E-state index is 0.0376. The van der Waals surface area contributed by atoms with E-state index in [-0.39, 0.29) is 12.4 Å². The van der Waals surface area contributed by atoms with Crippen molar-refractivity contribution in [3.05, 3.63) is 45.3 Å². The van der Waals surface area contributed by atoms with Gasteiger partial charge in [0.05, 0.1) is 5.75 Å². The number of rotatable bonds is 8. The van der Waals surface area contributed by atoms with Crippen molar-refractivity contribution in [3.8, 4) is 0 Å². The third-order valence-electron chi connectivity index (χ3n) is 4.29. The lowest BCUT2D eigenvalue weighted by molar-refractivity contribution is -0.146. The maximum absolute atomic E-state index is 12.2. The molecule has 2 aromatic rings. The number of aryl methyl sites for hydroxylation is 2. The molecule has 8 heteroatoms. The van der Waals surface area contributed by atoms with Crippen LogP contribution >= 0.6 is 0 Å². The Hall–Kier alpha value is -2.19. The van der Waals surface area contributed by atoms with Crippen LogP contribution in [0.15, 0.2) is 27.4 Å². The van der Waals surface area contributed by atoms with Gasteiger partial charge in [0.2, 0.25) is 10.0 Å². The lowest BCUT2D eigenvalue weighted by atomic mass is 10.0. The SMILES string of the molecule is CCCCS(=O)(=O)N[C@@H](C)C(=O)OCc1cc(=O)oc2cc(C)c(C)cc12. The van der Waals surface area contributed by atoms with Gasteiger partial charge in [-0.1, -0.05) is 13.3 Å². The summed E-state index contributed by atoms with van der Waals surface area (Å²) in [5.74, 6) is -0.746. The second-order valence-corrected chi connectivity index (χ2v) is 8.52. The molecule has 0 aliphatic rings. The molecule has 1 aromatic carbocycles. The van der Waals surface area contributed by atoms with Crippen LogP contribution in [0, 0.1) is 13.8 Å². The summed E-state index contributed by atoms with van der Waals surface area (Å²) in [5.41, 5.74) is 2.39. The fraction of sp³-hybridized carbons (Fsp3) is 0.474. The first kappa shape index (κ1) is 21.1. The fourth-order valence-corrected chi connectivity index (χ4v) is 4.01. The molecule has 1 N–H and O–H groups in total. The molecule has 0 saturated carbocycles. The van der Waals surface area contributed by atoms with Gasteiger partial charge in [-0.15, -0.1) is 0 Å². The van der Waals surface area contributed by atoms with E-state index in [4.69, 9.17) is 9.15 Å². The molecule has 0 fully saturated rings. The summed E-state index contributed by atoms with van der Waals surface area (Å²) in [5, 5.41) is 0.682. The molecule has 0 bridgehead atoms. The molecule has 1 heterocycles. The average molecular weight is 395 g/mol. The molecule has 27 heavy (non-hydrogen) atoms. The van der Waals surface area contributed by atoms with E-state index in [1.165, 1.54) is 13.0 Å². The van der Waals surface area contributed by atoms with Gasteiger partial charge in [0, 0.05) is 17.0 Å². The number of benzene rings is 1. The lowest BCUT2D eigenvalue weighted by Gasteiger charge is -2.14. The zero-order valence-corrected chi connectivity index (χ0v) is 16.8. The van der Waals surface area contributed by atoms with Crippen LogP contribution in [0.3, 0.4) is 0 Å². The van der Waals surface area contributed by atoms with Gasteiger partial charge in [0.15, 0.2) is 0 Å². The quantitative estimate of drug-likeness (QED) is 0.544. The molecule has 0 amide bonds. The summed E-state index contributed by atoms with van der Waals surface area (Å²) in [7, 11) is -3.54. The number of carbonyl (C=O) groups excluding carboxylic acids is 1. The van der Waals surface area contributed by atoms with E-state index in [1.807, 2.05) is 26.8 Å². The fourth-order valence-electron chi connectivity index (χ4n) is 2.59. The molecule has 0 spiro atoms. The molecule has 7 nitrogen and oxygen atoms in total. The summed E-state index contributed by atoms with van der Waals surface area (Å²) in [6.07, 6.45) is 1.25. The summed E-state index contributed by atoms with van der Waals surface area (Å²) in [6, 6.07) is 3.90. The van der Waals surface area contributed by atoms with Crippen LogP contribution < -0.4 is 10.3 Å². The molecule has 0 unspecified atom stereocenters. The Labute approximate surface area is 158 Å². The predicted octanol–water partition coefficient (Wildman–Crippen LogP) is 2.56. The Morgan fingerprint density at radius 1 is 1.22 bits per heavy atom. The first-order chi connectivity index (χ1) is 12.6. The molecular formula is C19H25NO6S. The summed E-state index contributed by atoms with van der Waals surface area (Å²) < 4.78 is 36.5. The van der Waals surface area contributed by atoms with E-state index in [0.29, 0.717) is 23.0 Å². The van der Waals surface area contributed by atoms with Crippen LogP contribution in [0.4, 0.5) is 0 Å². The highest BCUT2D eigenvalue weighted by molar-refractivity contribution is 7.89. The van der Waals surface area contributed by atoms with Crippen molar-refractivity contribution in [3.63, 3.8) is 0 Å². The van der Waals surface area contributed by atoms with Crippen LogP contribution in [0.2, 0.25) is 0 Å². The van der Waals surface area contributed by atoms with Gasteiger partial charge in [0.25, 0.3) is 0 Å². The van der Waals surface area contributed by atoms with E-state index in [2.05, 4.69) is 4.72 Å². The highest BCUT2D eigenvalue weighted by Crippen LogP contribution is 2.22. The summed E-state index contributed by atoms with van der Waals surface area (Å²) in [6.45, 7) is 7.01. The number of fused-ring (bicyclic) bond motifs is 1. The van der Waals surface area contributed by atoms with Crippen molar-refractivity contribution in [2.45, 2.75) is 53.2 Å². The van der Waals surface area contributed by atoms with Crippen molar-refractivity contribution in [1.29, 1.82) is 0 Å². The number of sulfonamides is 1. The van der Waals surface area contributed by atoms with Gasteiger partial charge >= 0.3 is 11.6 Å². The average Bonchev–Trinajstić information content (AvgIpc) is 2.58. The van der Waals surface area contributed by atoms with Crippen molar-refractivity contribution < 1.29 is 22.4 Å². The number of esters is 1. The lowest BCUT2D eigenvalue weighted by Crippen LogP contribution is -2.40. The Morgan fingerprint density at radius 2 is 1.89 bits per heavy atom. The molecule has 148 valence electrons. The van der Waals surface area contributed by atoms with Crippen LogP contribution in [0.1, 0.15) is 43.4 Å². The van der Waals surface area contributed by atoms with Gasteiger partial charge in [-0.2, -0.15) is 0 Å². The number of nitrogens with one attached hydrogen (secondary N) is 1. The van der Waals surface area contributed by atoms with Gasteiger partial charge in [-0.05, 0) is 50.5 Å². The normalized spacial score (nSPS) is 12.9. The number of ether oxygens (including phenoxy) is 1. The molecule has 1 atom stereocenters. The van der Waals surface area contributed by atoms with Gasteiger partial charge in [-0.3, -0.25) is 4.79 Å². The Bertz CT molecular complexity index is 993. The molecule has 0 aliphatic heterocycles. The third-order valence-corrected chi connectivity index (χ3v) is 5.83. The molecule has 1 aromatic heterocycles.